The molecule has 0 radical (unpaired) electrons. The molecular formula is C20H21N3O4S. The van der Waals surface area contributed by atoms with Gasteiger partial charge in [0, 0.05) is 11.8 Å². The van der Waals surface area contributed by atoms with Gasteiger partial charge in [0.1, 0.15) is 5.69 Å². The topological polar surface area (TPSA) is 94.2 Å². The molecule has 7 nitrogen and oxygen atoms in total. The third-order valence-electron chi connectivity index (χ3n) is 5.15. The van der Waals surface area contributed by atoms with Crippen molar-refractivity contribution in [1.82, 2.24) is 9.78 Å². The lowest BCUT2D eigenvalue weighted by Crippen LogP contribution is -2.17. The number of nitrogens with one attached hydrogen (secondary N) is 1. The van der Waals surface area contributed by atoms with Gasteiger partial charge in [0.15, 0.2) is 21.3 Å². The highest BCUT2D eigenvalue weighted by molar-refractivity contribution is 7.91. The van der Waals surface area contributed by atoms with Crippen LogP contribution >= 0.6 is 0 Å². The molecule has 28 heavy (non-hydrogen) atoms. The van der Waals surface area contributed by atoms with Gasteiger partial charge >= 0.3 is 0 Å². The number of nitrogens with zero attached hydrogens (tertiary/aromatic N) is 2. The van der Waals surface area contributed by atoms with Crippen LogP contribution in [0.4, 0.5) is 5.69 Å². The SMILES string of the molecule is Cc1cccc(NC(=O)c2cc(-c3ccco3)n([C@H]3CCS(=O)(=O)C3)n2)c1C. The first-order valence-electron chi connectivity index (χ1n) is 9.05. The molecule has 0 aliphatic carbocycles. The van der Waals surface area contributed by atoms with E-state index in [4.69, 9.17) is 4.42 Å². The average Bonchev–Trinajstić information content (AvgIpc) is 3.37. The molecule has 8 heteroatoms. The van der Waals surface area contributed by atoms with Crippen molar-refractivity contribution in [2.24, 2.45) is 0 Å². The van der Waals surface area contributed by atoms with Crippen molar-refractivity contribution in [3.63, 3.8) is 0 Å². The normalized spacial score (nSPS) is 18.3. The van der Waals surface area contributed by atoms with Crippen LogP contribution < -0.4 is 5.32 Å². The molecule has 1 amide bonds. The van der Waals surface area contributed by atoms with Crippen LogP contribution in [0.3, 0.4) is 0 Å². The van der Waals surface area contributed by atoms with Crippen LogP contribution in [0.25, 0.3) is 11.5 Å². The van der Waals surface area contributed by atoms with E-state index < -0.39 is 9.84 Å². The Balaban J connectivity index is 1.69. The average molecular weight is 399 g/mol. The highest BCUT2D eigenvalue weighted by Crippen LogP contribution is 2.30. The highest BCUT2D eigenvalue weighted by atomic mass is 32.2. The summed E-state index contributed by atoms with van der Waals surface area (Å²) in [5, 5.41) is 7.34. The lowest BCUT2D eigenvalue weighted by atomic mass is 10.1. The molecule has 1 N–H and O–H groups in total. The predicted molar refractivity (Wildman–Crippen MR) is 106 cm³/mol. The van der Waals surface area contributed by atoms with Crippen molar-refractivity contribution in [3.8, 4) is 11.5 Å². The van der Waals surface area contributed by atoms with E-state index in [1.165, 1.54) is 6.26 Å². The van der Waals surface area contributed by atoms with Crippen molar-refractivity contribution in [2.45, 2.75) is 26.3 Å². The summed E-state index contributed by atoms with van der Waals surface area (Å²) < 4.78 is 30.9. The Morgan fingerprint density at radius 1 is 1.25 bits per heavy atom. The molecule has 1 aliphatic rings. The van der Waals surface area contributed by atoms with Crippen LogP contribution in [0, 0.1) is 13.8 Å². The molecule has 1 aliphatic heterocycles. The van der Waals surface area contributed by atoms with E-state index >= 15 is 0 Å². The van der Waals surface area contributed by atoms with Crippen LogP contribution in [-0.4, -0.2) is 35.6 Å². The zero-order chi connectivity index (χ0) is 19.9. The van der Waals surface area contributed by atoms with Gasteiger partial charge in [0.2, 0.25) is 0 Å². The fourth-order valence-electron chi connectivity index (χ4n) is 3.43. The minimum atomic E-state index is -3.09. The van der Waals surface area contributed by atoms with E-state index in [9.17, 15) is 13.2 Å². The lowest BCUT2D eigenvalue weighted by molar-refractivity contribution is 0.102. The summed E-state index contributed by atoms with van der Waals surface area (Å²) >= 11 is 0. The first-order valence-corrected chi connectivity index (χ1v) is 10.9. The summed E-state index contributed by atoms with van der Waals surface area (Å²) in [5.41, 5.74) is 3.61. The van der Waals surface area contributed by atoms with Crippen molar-refractivity contribution < 1.29 is 17.6 Å². The van der Waals surface area contributed by atoms with Gasteiger partial charge in [0.25, 0.3) is 5.91 Å². The number of hydrogen-bond donors (Lipinski definition) is 1. The molecule has 0 spiro atoms. The molecule has 1 fully saturated rings. The second kappa shape index (κ2) is 6.94. The molecule has 4 rings (SSSR count). The number of sulfone groups is 1. The maximum absolute atomic E-state index is 12.8. The smallest absolute Gasteiger partial charge is 0.276 e. The lowest BCUT2D eigenvalue weighted by Gasteiger charge is -2.12. The van der Waals surface area contributed by atoms with Crippen LogP contribution in [0.1, 0.15) is 34.1 Å². The molecule has 3 heterocycles. The second-order valence-corrected chi connectivity index (χ2v) is 9.32. The fourth-order valence-corrected chi connectivity index (χ4v) is 5.13. The van der Waals surface area contributed by atoms with Gasteiger partial charge < -0.3 is 9.73 Å². The summed E-state index contributed by atoms with van der Waals surface area (Å²) in [6, 6.07) is 10.5. The van der Waals surface area contributed by atoms with Gasteiger partial charge in [-0.25, -0.2) is 8.42 Å². The number of benzene rings is 1. The van der Waals surface area contributed by atoms with E-state index in [0.29, 0.717) is 17.9 Å². The molecule has 146 valence electrons. The molecule has 0 unspecified atom stereocenters. The van der Waals surface area contributed by atoms with Gasteiger partial charge in [-0.3, -0.25) is 9.48 Å². The number of anilines is 1. The zero-order valence-corrected chi connectivity index (χ0v) is 16.5. The molecule has 0 bridgehead atoms. The Kier molecular flexibility index (Phi) is 4.58. The first kappa shape index (κ1) is 18.5. The standard InChI is InChI=1S/C20H21N3O4S/c1-13-5-3-6-16(14(13)2)21-20(24)17-11-18(19-7-4-9-27-19)23(22-17)15-8-10-28(25,26)12-15/h3-7,9,11,15H,8,10,12H2,1-2H3,(H,21,24)/t15-/m0/s1. The van der Waals surface area contributed by atoms with E-state index in [0.717, 1.165) is 16.8 Å². The minimum absolute atomic E-state index is 0.0143. The van der Waals surface area contributed by atoms with Crippen LogP contribution in [-0.2, 0) is 9.84 Å². The van der Waals surface area contributed by atoms with Crippen molar-refractivity contribution in [1.29, 1.82) is 0 Å². The number of aromatic nitrogens is 2. The van der Waals surface area contributed by atoms with E-state index in [1.807, 2.05) is 32.0 Å². The van der Waals surface area contributed by atoms with Gasteiger partial charge in [-0.15, -0.1) is 0 Å². The van der Waals surface area contributed by atoms with Crippen molar-refractivity contribution in [2.75, 3.05) is 16.8 Å². The first-order chi connectivity index (χ1) is 13.3. The van der Waals surface area contributed by atoms with Crippen molar-refractivity contribution in [3.05, 3.63) is 59.5 Å². The maximum Gasteiger partial charge on any atom is 0.276 e. The van der Waals surface area contributed by atoms with E-state index in [2.05, 4.69) is 10.4 Å². The minimum Gasteiger partial charge on any atom is -0.463 e. The predicted octanol–water partition coefficient (Wildman–Crippen LogP) is 3.37. The third-order valence-corrected chi connectivity index (χ3v) is 6.90. The highest BCUT2D eigenvalue weighted by Gasteiger charge is 2.32. The summed E-state index contributed by atoms with van der Waals surface area (Å²) in [7, 11) is -3.09. The van der Waals surface area contributed by atoms with E-state index in [-0.39, 0.29) is 29.1 Å². The van der Waals surface area contributed by atoms with Crippen molar-refractivity contribution >= 4 is 21.4 Å². The van der Waals surface area contributed by atoms with Gasteiger partial charge in [0.05, 0.1) is 23.8 Å². The molecule has 1 aromatic carbocycles. The number of furan rings is 1. The van der Waals surface area contributed by atoms with Crippen LogP contribution in [0.5, 0.6) is 0 Å². The number of amides is 1. The summed E-state index contributed by atoms with van der Waals surface area (Å²) in [6.07, 6.45) is 2.00. The molecule has 1 atom stereocenters. The van der Waals surface area contributed by atoms with Gasteiger partial charge in [-0.1, -0.05) is 12.1 Å². The Labute approximate surface area is 163 Å². The van der Waals surface area contributed by atoms with E-state index in [1.54, 1.807) is 22.9 Å². The van der Waals surface area contributed by atoms with Crippen LogP contribution in [0.2, 0.25) is 0 Å². The number of carbonyl (C=O) groups is 1. The number of carbonyl (C=O) groups excluding carboxylic acids is 1. The molecule has 1 saturated heterocycles. The van der Waals surface area contributed by atoms with Crippen LogP contribution in [0.15, 0.2) is 47.1 Å². The zero-order valence-electron chi connectivity index (χ0n) is 15.7. The molecular weight excluding hydrogens is 378 g/mol. The van der Waals surface area contributed by atoms with Gasteiger partial charge in [-0.05, 0) is 49.6 Å². The number of hydrogen-bond acceptors (Lipinski definition) is 5. The quantitative estimate of drug-likeness (QED) is 0.726. The number of rotatable bonds is 4. The summed E-state index contributed by atoms with van der Waals surface area (Å²) in [5.74, 6) is 0.336. The Morgan fingerprint density at radius 3 is 2.75 bits per heavy atom. The van der Waals surface area contributed by atoms with Gasteiger partial charge in [-0.2, -0.15) is 5.10 Å². The fraction of sp³-hybridized carbons (Fsp3) is 0.300. The Hall–Kier alpha value is -2.87. The Bertz CT molecular complexity index is 1130. The summed E-state index contributed by atoms with van der Waals surface area (Å²) in [4.78, 5) is 12.8. The second-order valence-electron chi connectivity index (χ2n) is 7.10. The molecule has 0 saturated carbocycles. The molecule has 3 aromatic rings. The largest absolute Gasteiger partial charge is 0.463 e. The third kappa shape index (κ3) is 3.47. The molecule has 2 aromatic heterocycles. The number of aryl methyl sites for hydroxylation is 1. The monoisotopic (exact) mass is 399 g/mol. The maximum atomic E-state index is 12.8. The summed E-state index contributed by atoms with van der Waals surface area (Å²) in [6.45, 7) is 3.93. The Morgan fingerprint density at radius 2 is 2.07 bits per heavy atom.